The van der Waals surface area contributed by atoms with Gasteiger partial charge >= 0.3 is 0 Å². The first-order valence-corrected chi connectivity index (χ1v) is 12.3. The number of nitrogens with zero attached hydrogens (tertiary/aromatic N) is 1. The number of rotatable bonds is 3. The lowest BCUT2D eigenvalue weighted by Gasteiger charge is -2.38. The summed E-state index contributed by atoms with van der Waals surface area (Å²) in [4.78, 5) is 5.14. The third-order valence-electron chi connectivity index (χ3n) is 7.82. The normalized spacial score (nSPS) is 25.5. The molecule has 3 aliphatic rings. The average Bonchev–Trinajstić information content (AvgIpc) is 3.31. The van der Waals surface area contributed by atoms with Crippen molar-refractivity contribution in [2.75, 3.05) is 0 Å². The lowest BCUT2D eigenvalue weighted by Crippen LogP contribution is -2.32. The molecule has 0 bridgehead atoms. The van der Waals surface area contributed by atoms with Crippen LogP contribution in [0.25, 0.3) is 0 Å². The Morgan fingerprint density at radius 2 is 1.85 bits per heavy atom. The van der Waals surface area contributed by atoms with Gasteiger partial charge in [0.2, 0.25) is 0 Å². The minimum Gasteiger partial charge on any atom is -0.388 e. The van der Waals surface area contributed by atoms with E-state index in [1.807, 2.05) is 6.07 Å². The number of pyridine rings is 1. The standard InChI is InChI=1S/C28H35F2NO2/c1-16(2)24-22-23(21-19(31-24)14-26(3,4)15-20(21)32)28(11-6-7-12-28)33-25(22)17-9-8-10-18(13-17)27(5,29)30/h8-10,13,16,20,25,32H,6-7,11-12,14-15H2,1-5H3/t20?,25-/m1/s1. The number of aliphatic hydroxyl groups excluding tert-OH is 1. The van der Waals surface area contributed by atoms with Gasteiger partial charge in [-0.25, -0.2) is 8.78 Å². The van der Waals surface area contributed by atoms with Crippen molar-refractivity contribution >= 4 is 0 Å². The molecule has 2 aliphatic carbocycles. The van der Waals surface area contributed by atoms with E-state index in [0.717, 1.165) is 72.7 Å². The second-order valence-corrected chi connectivity index (χ2v) is 11.6. The number of fused-ring (bicyclic) bond motifs is 4. The Balaban J connectivity index is 1.77. The monoisotopic (exact) mass is 455 g/mol. The predicted octanol–water partition coefficient (Wildman–Crippen LogP) is 7.21. The van der Waals surface area contributed by atoms with Crippen LogP contribution in [0.2, 0.25) is 0 Å². The van der Waals surface area contributed by atoms with Crippen LogP contribution < -0.4 is 0 Å². The molecular weight excluding hydrogens is 420 g/mol. The summed E-state index contributed by atoms with van der Waals surface area (Å²) in [5.74, 6) is -2.76. The molecule has 178 valence electrons. The third kappa shape index (κ3) is 3.72. The zero-order chi connectivity index (χ0) is 23.8. The molecule has 2 atom stereocenters. The number of benzene rings is 1. The molecule has 1 fully saturated rings. The van der Waals surface area contributed by atoms with Crippen molar-refractivity contribution in [1.82, 2.24) is 4.98 Å². The summed E-state index contributed by atoms with van der Waals surface area (Å²) in [5, 5.41) is 11.3. The van der Waals surface area contributed by atoms with Crippen molar-refractivity contribution in [2.24, 2.45) is 5.41 Å². The van der Waals surface area contributed by atoms with Crippen molar-refractivity contribution in [1.29, 1.82) is 0 Å². The first kappa shape index (κ1) is 22.9. The van der Waals surface area contributed by atoms with E-state index < -0.39 is 23.7 Å². The number of hydrogen-bond acceptors (Lipinski definition) is 3. The largest absolute Gasteiger partial charge is 0.388 e. The minimum absolute atomic E-state index is 0.00341. The molecule has 0 saturated heterocycles. The van der Waals surface area contributed by atoms with Gasteiger partial charge in [0.05, 0.1) is 11.7 Å². The van der Waals surface area contributed by atoms with E-state index in [9.17, 15) is 13.9 Å². The molecule has 0 radical (unpaired) electrons. The molecule has 1 aliphatic heterocycles. The van der Waals surface area contributed by atoms with E-state index in [1.165, 1.54) is 6.07 Å². The van der Waals surface area contributed by atoms with Crippen LogP contribution in [0.15, 0.2) is 24.3 Å². The van der Waals surface area contributed by atoms with E-state index in [0.29, 0.717) is 6.42 Å². The number of ether oxygens (including phenoxy) is 1. The highest BCUT2D eigenvalue weighted by atomic mass is 19.3. The SMILES string of the molecule is CC(C)c1nc2c(c3c1[C@@H](c1cccc(C(C)(F)F)c1)OC31CCCC1)C(O)CC(C)(C)C2. The summed E-state index contributed by atoms with van der Waals surface area (Å²) in [6, 6.07) is 6.65. The molecule has 5 rings (SSSR count). The van der Waals surface area contributed by atoms with Crippen LogP contribution in [0, 0.1) is 5.41 Å². The van der Waals surface area contributed by atoms with Gasteiger partial charge in [0.1, 0.15) is 6.10 Å². The number of aliphatic hydroxyl groups is 1. The second kappa shape index (κ2) is 7.58. The van der Waals surface area contributed by atoms with Gasteiger partial charge in [-0.3, -0.25) is 4.98 Å². The van der Waals surface area contributed by atoms with Crippen molar-refractivity contribution in [3.8, 4) is 0 Å². The smallest absolute Gasteiger partial charge is 0.270 e. The Labute approximate surface area is 195 Å². The Hall–Kier alpha value is -1.85. The molecule has 1 saturated carbocycles. The molecule has 5 heteroatoms. The maximum Gasteiger partial charge on any atom is 0.270 e. The van der Waals surface area contributed by atoms with E-state index >= 15 is 0 Å². The maximum absolute atomic E-state index is 14.2. The molecule has 3 nitrogen and oxygen atoms in total. The van der Waals surface area contributed by atoms with E-state index in [-0.39, 0.29) is 16.9 Å². The molecule has 33 heavy (non-hydrogen) atoms. The Morgan fingerprint density at radius 1 is 1.15 bits per heavy atom. The number of aromatic nitrogens is 1. The van der Waals surface area contributed by atoms with E-state index in [4.69, 9.17) is 9.72 Å². The summed E-state index contributed by atoms with van der Waals surface area (Å²) in [6.07, 6.45) is 4.39. The summed E-state index contributed by atoms with van der Waals surface area (Å²) in [5.41, 5.74) is 5.31. The third-order valence-corrected chi connectivity index (χ3v) is 7.82. The highest BCUT2D eigenvalue weighted by Crippen LogP contribution is 2.59. The van der Waals surface area contributed by atoms with Gasteiger partial charge in [-0.05, 0) is 54.2 Å². The van der Waals surface area contributed by atoms with Crippen LogP contribution in [0.3, 0.4) is 0 Å². The van der Waals surface area contributed by atoms with Crippen LogP contribution >= 0.6 is 0 Å². The highest BCUT2D eigenvalue weighted by Gasteiger charge is 2.52. The van der Waals surface area contributed by atoms with Crippen LogP contribution in [-0.2, 0) is 22.7 Å². The number of halogens is 2. The van der Waals surface area contributed by atoms with Crippen LogP contribution in [0.1, 0.15) is 124 Å². The predicted molar refractivity (Wildman–Crippen MR) is 124 cm³/mol. The minimum atomic E-state index is -2.92. The quantitative estimate of drug-likeness (QED) is 0.532. The van der Waals surface area contributed by atoms with Gasteiger partial charge in [-0.1, -0.05) is 58.7 Å². The summed E-state index contributed by atoms with van der Waals surface area (Å²) >= 11 is 0. The molecule has 1 unspecified atom stereocenters. The Bertz CT molecular complexity index is 1080. The average molecular weight is 456 g/mol. The van der Waals surface area contributed by atoms with Crippen LogP contribution in [-0.4, -0.2) is 10.1 Å². The molecule has 2 aromatic rings. The van der Waals surface area contributed by atoms with E-state index in [2.05, 4.69) is 27.7 Å². The molecule has 1 aromatic carbocycles. The molecule has 1 aromatic heterocycles. The molecule has 1 spiro atoms. The zero-order valence-electron chi connectivity index (χ0n) is 20.3. The molecule has 1 N–H and O–H groups in total. The maximum atomic E-state index is 14.2. The number of hydrogen-bond donors (Lipinski definition) is 1. The van der Waals surface area contributed by atoms with Crippen LogP contribution in [0.5, 0.6) is 0 Å². The molecule has 2 heterocycles. The van der Waals surface area contributed by atoms with Gasteiger partial charge < -0.3 is 9.84 Å². The van der Waals surface area contributed by atoms with Gasteiger partial charge in [-0.2, -0.15) is 0 Å². The molecular formula is C28H35F2NO2. The summed E-state index contributed by atoms with van der Waals surface area (Å²) < 4.78 is 35.3. The first-order valence-electron chi connectivity index (χ1n) is 12.3. The molecule has 0 amide bonds. The van der Waals surface area contributed by atoms with Gasteiger partial charge in [0.25, 0.3) is 5.92 Å². The lowest BCUT2D eigenvalue weighted by atomic mass is 9.70. The van der Waals surface area contributed by atoms with Crippen molar-refractivity contribution < 1.29 is 18.6 Å². The van der Waals surface area contributed by atoms with E-state index in [1.54, 1.807) is 12.1 Å². The zero-order valence-corrected chi connectivity index (χ0v) is 20.3. The van der Waals surface area contributed by atoms with Crippen molar-refractivity contribution in [2.45, 2.75) is 103 Å². The summed E-state index contributed by atoms with van der Waals surface area (Å²) in [7, 11) is 0. The van der Waals surface area contributed by atoms with Crippen molar-refractivity contribution in [3.63, 3.8) is 0 Å². The highest BCUT2D eigenvalue weighted by molar-refractivity contribution is 5.54. The lowest BCUT2D eigenvalue weighted by molar-refractivity contribution is -0.0582. The fourth-order valence-corrected chi connectivity index (χ4v) is 6.39. The van der Waals surface area contributed by atoms with Crippen LogP contribution in [0.4, 0.5) is 8.78 Å². The fourth-order valence-electron chi connectivity index (χ4n) is 6.39. The Morgan fingerprint density at radius 3 is 2.48 bits per heavy atom. The second-order valence-electron chi connectivity index (χ2n) is 11.6. The van der Waals surface area contributed by atoms with Gasteiger partial charge in [0, 0.05) is 35.0 Å². The summed E-state index contributed by atoms with van der Waals surface area (Å²) in [6.45, 7) is 9.57. The Kier molecular flexibility index (Phi) is 5.26. The van der Waals surface area contributed by atoms with Gasteiger partial charge in [0.15, 0.2) is 0 Å². The fraction of sp³-hybridized carbons (Fsp3) is 0.607. The van der Waals surface area contributed by atoms with Gasteiger partial charge in [-0.15, -0.1) is 0 Å². The number of alkyl halides is 2. The topological polar surface area (TPSA) is 42.4 Å². The first-order chi connectivity index (χ1) is 15.4. The van der Waals surface area contributed by atoms with Crippen molar-refractivity contribution in [3.05, 3.63) is 63.5 Å².